The van der Waals surface area contributed by atoms with Gasteiger partial charge in [-0.15, -0.1) is 0 Å². The van der Waals surface area contributed by atoms with E-state index in [0.29, 0.717) is 5.91 Å². The van der Waals surface area contributed by atoms with Gasteiger partial charge in [-0.3, -0.25) is 14.5 Å². The summed E-state index contributed by atoms with van der Waals surface area (Å²) in [6.07, 6.45) is 3.98. The van der Waals surface area contributed by atoms with Crippen LogP contribution in [0.1, 0.15) is 32.6 Å². The molecule has 1 unspecified atom stereocenters. The van der Waals surface area contributed by atoms with Crippen LogP contribution in [0.5, 0.6) is 0 Å². The summed E-state index contributed by atoms with van der Waals surface area (Å²) in [6.45, 7) is 5.39. The highest BCUT2D eigenvalue weighted by Gasteiger charge is 2.32. The highest BCUT2D eigenvalue weighted by atomic mass is 79.9. The van der Waals surface area contributed by atoms with Gasteiger partial charge in [-0.2, -0.15) is 0 Å². The molecule has 0 aromatic heterocycles. The molecule has 2 aliphatic rings. The number of halogens is 1. The second-order valence-electron chi connectivity index (χ2n) is 7.01. The number of carbonyl (C=O) groups is 2. The SMILES string of the molecule is CC(C(=O)Nc1ccc(Br)cc1)N1CCC(C(=O)N2CCCC2)CC1. The zero-order chi connectivity index (χ0) is 17.8. The van der Waals surface area contributed by atoms with Crippen LogP contribution in [0.25, 0.3) is 0 Å². The van der Waals surface area contributed by atoms with Crippen molar-refractivity contribution in [3.63, 3.8) is 0 Å². The average Bonchev–Trinajstić information content (AvgIpc) is 3.17. The number of piperidine rings is 1. The minimum atomic E-state index is -0.188. The number of anilines is 1. The van der Waals surface area contributed by atoms with Crippen molar-refractivity contribution in [2.24, 2.45) is 5.92 Å². The molecule has 5 nitrogen and oxygen atoms in total. The number of rotatable bonds is 4. The predicted octanol–water partition coefficient (Wildman–Crippen LogP) is 3.11. The molecule has 0 aliphatic carbocycles. The Kier molecular flexibility index (Phi) is 6.12. The number of hydrogen-bond donors (Lipinski definition) is 1. The van der Waals surface area contributed by atoms with E-state index in [0.717, 1.165) is 62.0 Å². The molecule has 1 N–H and O–H groups in total. The number of nitrogens with one attached hydrogen (secondary N) is 1. The van der Waals surface area contributed by atoms with Crippen LogP contribution in [-0.2, 0) is 9.59 Å². The number of carbonyl (C=O) groups excluding carboxylic acids is 2. The first-order valence-electron chi connectivity index (χ1n) is 9.14. The lowest BCUT2D eigenvalue weighted by Crippen LogP contribution is -2.48. The zero-order valence-corrected chi connectivity index (χ0v) is 16.3. The molecule has 2 saturated heterocycles. The van der Waals surface area contributed by atoms with Gasteiger partial charge in [-0.1, -0.05) is 15.9 Å². The Morgan fingerprint density at radius 1 is 1.08 bits per heavy atom. The van der Waals surface area contributed by atoms with Gasteiger partial charge < -0.3 is 10.2 Å². The molecule has 0 radical (unpaired) electrons. The van der Waals surface area contributed by atoms with Crippen LogP contribution < -0.4 is 5.32 Å². The molecule has 0 spiro atoms. The summed E-state index contributed by atoms with van der Waals surface area (Å²) in [5.74, 6) is 0.465. The molecule has 25 heavy (non-hydrogen) atoms. The second kappa shape index (κ2) is 8.32. The third-order valence-corrected chi connectivity index (χ3v) is 5.86. The molecule has 136 valence electrons. The topological polar surface area (TPSA) is 52.7 Å². The Balaban J connectivity index is 1.48. The maximum atomic E-state index is 12.5. The standard InChI is InChI=1S/C19H26BrN3O2/c1-14(18(24)21-17-6-4-16(20)5-7-17)22-12-8-15(9-13-22)19(25)23-10-2-3-11-23/h4-7,14-15H,2-3,8-13H2,1H3,(H,21,24). The number of amides is 2. The average molecular weight is 408 g/mol. The highest BCUT2D eigenvalue weighted by Crippen LogP contribution is 2.23. The summed E-state index contributed by atoms with van der Waals surface area (Å²) in [6, 6.07) is 7.41. The van der Waals surface area contributed by atoms with Gasteiger partial charge in [0, 0.05) is 29.2 Å². The number of nitrogens with zero attached hydrogens (tertiary/aromatic N) is 2. The Hall–Kier alpha value is -1.40. The van der Waals surface area contributed by atoms with Gasteiger partial charge in [0.25, 0.3) is 0 Å². The molecule has 6 heteroatoms. The lowest BCUT2D eigenvalue weighted by Gasteiger charge is -2.36. The molecular weight excluding hydrogens is 382 g/mol. The van der Waals surface area contributed by atoms with E-state index in [4.69, 9.17) is 0 Å². The summed E-state index contributed by atoms with van der Waals surface area (Å²) in [5, 5.41) is 2.97. The molecule has 2 fully saturated rings. The largest absolute Gasteiger partial charge is 0.342 e. The molecular formula is C19H26BrN3O2. The van der Waals surface area contributed by atoms with Gasteiger partial charge in [-0.05, 0) is 70.0 Å². The summed E-state index contributed by atoms with van der Waals surface area (Å²) >= 11 is 3.39. The minimum Gasteiger partial charge on any atom is -0.342 e. The summed E-state index contributed by atoms with van der Waals surface area (Å²) in [7, 11) is 0. The van der Waals surface area contributed by atoms with Gasteiger partial charge in [0.1, 0.15) is 0 Å². The van der Waals surface area contributed by atoms with Crippen LogP contribution in [0.4, 0.5) is 5.69 Å². The van der Waals surface area contributed by atoms with Gasteiger partial charge >= 0.3 is 0 Å². The normalized spacial score (nSPS) is 20.5. The van der Waals surface area contributed by atoms with Crippen molar-refractivity contribution in [1.29, 1.82) is 0 Å². The maximum Gasteiger partial charge on any atom is 0.241 e. The maximum absolute atomic E-state index is 12.5. The lowest BCUT2D eigenvalue weighted by molar-refractivity contribution is -0.136. The molecule has 1 aromatic carbocycles. The molecule has 2 aliphatic heterocycles. The van der Waals surface area contributed by atoms with Crippen molar-refractivity contribution >= 4 is 33.4 Å². The van der Waals surface area contributed by atoms with Gasteiger partial charge in [0.05, 0.1) is 6.04 Å². The van der Waals surface area contributed by atoms with Crippen LogP contribution in [0.2, 0.25) is 0 Å². The van der Waals surface area contributed by atoms with Crippen molar-refractivity contribution in [3.05, 3.63) is 28.7 Å². The van der Waals surface area contributed by atoms with E-state index in [9.17, 15) is 9.59 Å². The quantitative estimate of drug-likeness (QED) is 0.833. The molecule has 1 atom stereocenters. The van der Waals surface area contributed by atoms with Gasteiger partial charge in [0.15, 0.2) is 0 Å². The molecule has 0 saturated carbocycles. The Morgan fingerprint density at radius 3 is 2.28 bits per heavy atom. The fraction of sp³-hybridized carbons (Fsp3) is 0.579. The van der Waals surface area contributed by atoms with Gasteiger partial charge in [-0.25, -0.2) is 0 Å². The zero-order valence-electron chi connectivity index (χ0n) is 14.7. The first-order valence-corrected chi connectivity index (χ1v) is 9.93. The third kappa shape index (κ3) is 4.61. The molecule has 2 amide bonds. The number of hydrogen-bond acceptors (Lipinski definition) is 3. The van der Waals surface area contributed by atoms with E-state index < -0.39 is 0 Å². The van der Waals surface area contributed by atoms with Crippen LogP contribution in [0, 0.1) is 5.92 Å². The molecule has 0 bridgehead atoms. The Morgan fingerprint density at radius 2 is 1.68 bits per heavy atom. The van der Waals surface area contributed by atoms with E-state index in [1.165, 1.54) is 0 Å². The fourth-order valence-corrected chi connectivity index (χ4v) is 3.94. The number of benzene rings is 1. The third-order valence-electron chi connectivity index (χ3n) is 5.34. The van der Waals surface area contributed by atoms with Crippen molar-refractivity contribution in [2.45, 2.75) is 38.6 Å². The molecule has 2 heterocycles. The predicted molar refractivity (Wildman–Crippen MR) is 102 cm³/mol. The summed E-state index contributed by atoms with van der Waals surface area (Å²) < 4.78 is 0.989. The minimum absolute atomic E-state index is 0.00615. The van der Waals surface area contributed by atoms with Crippen molar-refractivity contribution in [3.8, 4) is 0 Å². The lowest BCUT2D eigenvalue weighted by atomic mass is 9.94. The number of likely N-dealkylation sites (tertiary alicyclic amines) is 2. The summed E-state index contributed by atoms with van der Waals surface area (Å²) in [5.41, 5.74) is 0.805. The molecule has 1 aromatic rings. The monoisotopic (exact) mass is 407 g/mol. The first kappa shape index (κ1) is 18.4. The second-order valence-corrected chi connectivity index (χ2v) is 7.93. The highest BCUT2D eigenvalue weighted by molar-refractivity contribution is 9.10. The first-order chi connectivity index (χ1) is 12.0. The summed E-state index contributed by atoms with van der Waals surface area (Å²) in [4.78, 5) is 29.2. The van der Waals surface area contributed by atoms with E-state index in [2.05, 4.69) is 26.1 Å². The van der Waals surface area contributed by atoms with E-state index in [1.807, 2.05) is 36.1 Å². The van der Waals surface area contributed by atoms with Crippen molar-refractivity contribution < 1.29 is 9.59 Å². The Bertz CT molecular complexity index is 606. The van der Waals surface area contributed by atoms with E-state index in [1.54, 1.807) is 0 Å². The van der Waals surface area contributed by atoms with E-state index in [-0.39, 0.29) is 17.9 Å². The fourth-order valence-electron chi connectivity index (χ4n) is 3.68. The smallest absolute Gasteiger partial charge is 0.241 e. The van der Waals surface area contributed by atoms with Crippen LogP contribution in [-0.4, -0.2) is 53.8 Å². The van der Waals surface area contributed by atoms with Crippen LogP contribution in [0.3, 0.4) is 0 Å². The Labute approximate surface area is 157 Å². The van der Waals surface area contributed by atoms with Crippen molar-refractivity contribution in [2.75, 3.05) is 31.5 Å². The molecule has 3 rings (SSSR count). The van der Waals surface area contributed by atoms with Crippen LogP contribution in [0.15, 0.2) is 28.7 Å². The van der Waals surface area contributed by atoms with Gasteiger partial charge in [0.2, 0.25) is 11.8 Å². The van der Waals surface area contributed by atoms with Crippen molar-refractivity contribution in [1.82, 2.24) is 9.80 Å². The van der Waals surface area contributed by atoms with E-state index >= 15 is 0 Å². The van der Waals surface area contributed by atoms with Crippen LogP contribution >= 0.6 is 15.9 Å².